The number of thiazole rings is 1. The van der Waals surface area contributed by atoms with E-state index in [0.29, 0.717) is 6.54 Å². The Balaban J connectivity index is 1.42. The van der Waals surface area contributed by atoms with E-state index < -0.39 is 0 Å². The van der Waals surface area contributed by atoms with Crippen molar-refractivity contribution < 1.29 is 0 Å². The highest BCUT2D eigenvalue weighted by Crippen LogP contribution is 2.28. The molecule has 0 amide bonds. The van der Waals surface area contributed by atoms with Crippen LogP contribution >= 0.6 is 23.1 Å². The molecule has 0 spiro atoms. The molecule has 0 fully saturated rings. The average molecular weight is 433 g/mol. The summed E-state index contributed by atoms with van der Waals surface area (Å²) >= 11 is 3.36. The van der Waals surface area contributed by atoms with E-state index in [1.807, 2.05) is 12.1 Å². The standard InChI is InChI=1S/C24H24N4S2/c1-3-15-28-22(14-11-19-7-5-4-6-8-19)26-27-24(28)30-17-21-16-29-23(25-21)20-12-9-18(2)10-13-20/h3-10,12-13,16H,1,11,14-15,17H2,2H3. The molecule has 4 nitrogen and oxygen atoms in total. The van der Waals surface area contributed by atoms with Gasteiger partial charge in [0.25, 0.3) is 0 Å². The number of hydrogen-bond acceptors (Lipinski definition) is 5. The van der Waals surface area contributed by atoms with Crippen molar-refractivity contribution in [3.8, 4) is 10.6 Å². The first kappa shape index (κ1) is 20.6. The van der Waals surface area contributed by atoms with Crippen LogP contribution < -0.4 is 0 Å². The van der Waals surface area contributed by atoms with Crippen LogP contribution in [0.4, 0.5) is 0 Å². The lowest BCUT2D eigenvalue weighted by molar-refractivity contribution is 0.673. The Hall–Kier alpha value is -2.70. The van der Waals surface area contributed by atoms with Gasteiger partial charge < -0.3 is 4.57 Å². The van der Waals surface area contributed by atoms with Crippen molar-refractivity contribution in [3.05, 3.63) is 95.3 Å². The summed E-state index contributed by atoms with van der Waals surface area (Å²) in [6, 6.07) is 19.0. The molecule has 2 aromatic carbocycles. The molecule has 30 heavy (non-hydrogen) atoms. The van der Waals surface area contributed by atoms with Gasteiger partial charge in [-0.05, 0) is 18.9 Å². The Bertz CT molecular complexity index is 1100. The quantitative estimate of drug-likeness (QED) is 0.241. The number of hydrogen-bond donors (Lipinski definition) is 0. The van der Waals surface area contributed by atoms with Gasteiger partial charge in [-0.15, -0.1) is 28.1 Å². The molecule has 4 aromatic rings. The van der Waals surface area contributed by atoms with Gasteiger partial charge in [0, 0.05) is 29.7 Å². The highest BCUT2D eigenvalue weighted by atomic mass is 32.2. The van der Waals surface area contributed by atoms with Crippen molar-refractivity contribution in [2.45, 2.75) is 37.2 Å². The van der Waals surface area contributed by atoms with Crippen LogP contribution in [0, 0.1) is 6.92 Å². The van der Waals surface area contributed by atoms with Gasteiger partial charge in [0.2, 0.25) is 0 Å². The predicted octanol–water partition coefficient (Wildman–Crippen LogP) is 5.97. The van der Waals surface area contributed by atoms with Gasteiger partial charge in [-0.3, -0.25) is 0 Å². The van der Waals surface area contributed by atoms with Gasteiger partial charge in [0.15, 0.2) is 5.16 Å². The minimum absolute atomic E-state index is 0.713. The number of allylic oxidation sites excluding steroid dienone is 1. The first-order valence-electron chi connectivity index (χ1n) is 9.94. The van der Waals surface area contributed by atoms with Crippen molar-refractivity contribution in [3.63, 3.8) is 0 Å². The van der Waals surface area contributed by atoms with Gasteiger partial charge in [-0.2, -0.15) is 0 Å². The van der Waals surface area contributed by atoms with E-state index in [0.717, 1.165) is 40.3 Å². The second-order valence-corrected chi connectivity index (χ2v) is 8.88. The molecule has 0 unspecified atom stereocenters. The molecule has 6 heteroatoms. The van der Waals surface area contributed by atoms with Gasteiger partial charge in [-0.1, -0.05) is 78.0 Å². The van der Waals surface area contributed by atoms with E-state index in [9.17, 15) is 0 Å². The fraction of sp³-hybridized carbons (Fsp3) is 0.208. The maximum Gasteiger partial charge on any atom is 0.191 e. The number of benzene rings is 2. The molecule has 0 aliphatic heterocycles. The fourth-order valence-corrected chi connectivity index (χ4v) is 4.95. The minimum atomic E-state index is 0.713. The largest absolute Gasteiger partial charge is 0.302 e. The molecule has 0 radical (unpaired) electrons. The molecule has 0 bridgehead atoms. The molecule has 0 saturated heterocycles. The molecule has 2 aromatic heterocycles. The van der Waals surface area contributed by atoms with Gasteiger partial charge in [-0.25, -0.2) is 4.98 Å². The second-order valence-electron chi connectivity index (χ2n) is 7.08. The van der Waals surface area contributed by atoms with Crippen LogP contribution in [0.25, 0.3) is 10.6 Å². The predicted molar refractivity (Wildman–Crippen MR) is 126 cm³/mol. The molecule has 4 rings (SSSR count). The second kappa shape index (κ2) is 9.87. The maximum absolute atomic E-state index is 4.80. The fourth-order valence-electron chi connectivity index (χ4n) is 3.16. The van der Waals surface area contributed by atoms with E-state index >= 15 is 0 Å². The first-order chi connectivity index (χ1) is 14.7. The minimum Gasteiger partial charge on any atom is -0.302 e. The number of thioether (sulfide) groups is 1. The summed E-state index contributed by atoms with van der Waals surface area (Å²) < 4.78 is 2.16. The van der Waals surface area contributed by atoms with Crippen LogP contribution in [0.15, 0.2) is 77.8 Å². The van der Waals surface area contributed by atoms with E-state index in [1.54, 1.807) is 23.1 Å². The topological polar surface area (TPSA) is 43.6 Å². The van der Waals surface area contributed by atoms with E-state index in [2.05, 4.69) is 82.2 Å². The monoisotopic (exact) mass is 432 g/mol. The summed E-state index contributed by atoms with van der Waals surface area (Å²) in [6.45, 7) is 6.71. The van der Waals surface area contributed by atoms with Crippen LogP contribution in [0.1, 0.15) is 22.6 Å². The lowest BCUT2D eigenvalue weighted by atomic mass is 10.1. The molecular weight excluding hydrogens is 408 g/mol. The Morgan fingerprint density at radius 1 is 1.03 bits per heavy atom. The van der Waals surface area contributed by atoms with E-state index in [-0.39, 0.29) is 0 Å². The third kappa shape index (κ3) is 5.07. The SMILES string of the molecule is C=CCn1c(CCc2ccccc2)nnc1SCc1csc(-c2ccc(C)cc2)n1. The number of aryl methyl sites for hydroxylation is 3. The molecule has 2 heterocycles. The smallest absolute Gasteiger partial charge is 0.191 e. The Labute approximate surface area is 185 Å². The molecule has 0 N–H and O–H groups in total. The zero-order chi connectivity index (χ0) is 20.8. The summed E-state index contributed by atoms with van der Waals surface area (Å²) in [5, 5.41) is 13.0. The van der Waals surface area contributed by atoms with Crippen molar-refractivity contribution in [1.82, 2.24) is 19.7 Å². The Kier molecular flexibility index (Phi) is 6.77. The highest BCUT2D eigenvalue weighted by molar-refractivity contribution is 7.98. The van der Waals surface area contributed by atoms with Crippen LogP contribution in [0.3, 0.4) is 0 Å². The third-order valence-electron chi connectivity index (χ3n) is 4.78. The lowest BCUT2D eigenvalue weighted by Gasteiger charge is -2.07. The van der Waals surface area contributed by atoms with Crippen LogP contribution in [0.2, 0.25) is 0 Å². The number of rotatable bonds is 9. The Morgan fingerprint density at radius 3 is 2.60 bits per heavy atom. The third-order valence-corrected chi connectivity index (χ3v) is 6.73. The van der Waals surface area contributed by atoms with Crippen molar-refractivity contribution >= 4 is 23.1 Å². The molecular formula is C24H24N4S2. The summed E-state index contributed by atoms with van der Waals surface area (Å²) in [4.78, 5) is 4.80. The first-order valence-corrected chi connectivity index (χ1v) is 11.8. The summed E-state index contributed by atoms with van der Waals surface area (Å²) in [7, 11) is 0. The van der Waals surface area contributed by atoms with E-state index in [1.165, 1.54) is 16.7 Å². The van der Waals surface area contributed by atoms with Crippen LogP contribution in [-0.2, 0) is 25.1 Å². The zero-order valence-electron chi connectivity index (χ0n) is 17.0. The van der Waals surface area contributed by atoms with Crippen LogP contribution in [0.5, 0.6) is 0 Å². The van der Waals surface area contributed by atoms with Gasteiger partial charge in [0.1, 0.15) is 10.8 Å². The highest BCUT2D eigenvalue weighted by Gasteiger charge is 2.13. The van der Waals surface area contributed by atoms with Gasteiger partial charge in [0.05, 0.1) is 5.69 Å². The van der Waals surface area contributed by atoms with Crippen molar-refractivity contribution in [1.29, 1.82) is 0 Å². The summed E-state index contributed by atoms with van der Waals surface area (Å²) in [6.07, 6.45) is 3.71. The normalized spacial score (nSPS) is 11.0. The van der Waals surface area contributed by atoms with Crippen molar-refractivity contribution in [2.75, 3.05) is 0 Å². The summed E-state index contributed by atoms with van der Waals surface area (Å²) in [5.74, 6) is 1.77. The number of aromatic nitrogens is 4. The molecule has 0 saturated carbocycles. The molecule has 152 valence electrons. The van der Waals surface area contributed by atoms with Crippen LogP contribution in [-0.4, -0.2) is 19.7 Å². The maximum atomic E-state index is 4.80. The Morgan fingerprint density at radius 2 is 1.83 bits per heavy atom. The van der Waals surface area contributed by atoms with Crippen molar-refractivity contribution in [2.24, 2.45) is 0 Å². The molecule has 0 aliphatic carbocycles. The number of nitrogens with zero attached hydrogens (tertiary/aromatic N) is 4. The average Bonchev–Trinajstić information content (AvgIpc) is 3.40. The lowest BCUT2D eigenvalue weighted by Crippen LogP contribution is -2.05. The van der Waals surface area contributed by atoms with E-state index in [4.69, 9.17) is 4.98 Å². The zero-order valence-corrected chi connectivity index (χ0v) is 18.6. The summed E-state index contributed by atoms with van der Waals surface area (Å²) in [5.41, 5.74) is 4.81. The molecule has 0 aliphatic rings. The van der Waals surface area contributed by atoms with Gasteiger partial charge >= 0.3 is 0 Å². The molecule has 0 atom stereocenters.